The topological polar surface area (TPSA) is 47.6 Å². The number of carbonyl (C=O) groups excluding carboxylic acids is 1. The number of halogens is 1. The summed E-state index contributed by atoms with van der Waals surface area (Å²) in [5, 5.41) is 3.22. The van der Waals surface area contributed by atoms with E-state index in [1.165, 1.54) is 0 Å². The maximum absolute atomic E-state index is 12.1. The van der Waals surface area contributed by atoms with Crippen molar-refractivity contribution in [3.8, 4) is 11.5 Å². The Hall–Kier alpha value is -2.20. The van der Waals surface area contributed by atoms with Crippen LogP contribution in [-0.4, -0.2) is 19.1 Å². The molecule has 21 heavy (non-hydrogen) atoms. The molecule has 0 aliphatic carbocycles. The predicted octanol–water partition coefficient (Wildman–Crippen LogP) is 3.75. The molecule has 0 aliphatic heterocycles. The van der Waals surface area contributed by atoms with Crippen LogP contribution in [0.2, 0.25) is 5.02 Å². The number of rotatable bonds is 5. The molecule has 1 amide bonds. The maximum Gasteiger partial charge on any atom is 0.265 e. The standard InChI is InChI=1S/C16H16ClNO3/c1-11(21-13-9-7-12(20-2)8-10-13)16(19)18-15-6-4-3-5-14(15)17/h3-11H,1-2H3,(H,18,19)/t11-/m0/s1. The molecular weight excluding hydrogens is 290 g/mol. The molecule has 4 nitrogen and oxygen atoms in total. The van der Waals surface area contributed by atoms with Crippen LogP contribution in [0.4, 0.5) is 5.69 Å². The van der Waals surface area contributed by atoms with E-state index >= 15 is 0 Å². The number of anilines is 1. The highest BCUT2D eigenvalue weighted by Gasteiger charge is 2.15. The molecule has 0 heterocycles. The largest absolute Gasteiger partial charge is 0.497 e. The van der Waals surface area contributed by atoms with Gasteiger partial charge in [-0.05, 0) is 43.3 Å². The molecule has 110 valence electrons. The van der Waals surface area contributed by atoms with E-state index in [1.807, 2.05) is 0 Å². The first-order valence-electron chi connectivity index (χ1n) is 6.46. The molecule has 0 aromatic heterocycles. The second-order valence-electron chi connectivity index (χ2n) is 4.40. The Bertz CT molecular complexity index is 613. The van der Waals surface area contributed by atoms with Crippen LogP contribution < -0.4 is 14.8 Å². The lowest BCUT2D eigenvalue weighted by molar-refractivity contribution is -0.122. The summed E-state index contributed by atoms with van der Waals surface area (Å²) in [7, 11) is 1.59. The molecule has 0 fully saturated rings. The molecule has 1 N–H and O–H groups in total. The SMILES string of the molecule is COc1ccc(O[C@@H](C)C(=O)Nc2ccccc2Cl)cc1. The summed E-state index contributed by atoms with van der Waals surface area (Å²) in [6.45, 7) is 1.68. The second-order valence-corrected chi connectivity index (χ2v) is 4.81. The van der Waals surface area contributed by atoms with Gasteiger partial charge in [0.1, 0.15) is 11.5 Å². The van der Waals surface area contributed by atoms with Crippen molar-refractivity contribution in [1.82, 2.24) is 0 Å². The molecule has 0 bridgehead atoms. The Kier molecular flexibility index (Phi) is 5.06. The lowest BCUT2D eigenvalue weighted by Gasteiger charge is -2.15. The highest BCUT2D eigenvalue weighted by molar-refractivity contribution is 6.33. The fourth-order valence-corrected chi connectivity index (χ4v) is 1.89. The van der Waals surface area contributed by atoms with E-state index in [2.05, 4.69) is 5.32 Å². The average molecular weight is 306 g/mol. The van der Waals surface area contributed by atoms with E-state index in [0.29, 0.717) is 16.5 Å². The summed E-state index contributed by atoms with van der Waals surface area (Å²) in [5.74, 6) is 1.06. The summed E-state index contributed by atoms with van der Waals surface area (Å²) >= 11 is 6.00. The van der Waals surface area contributed by atoms with Gasteiger partial charge in [-0.25, -0.2) is 0 Å². The van der Waals surface area contributed by atoms with Gasteiger partial charge >= 0.3 is 0 Å². The van der Waals surface area contributed by atoms with Gasteiger partial charge in [0.15, 0.2) is 6.10 Å². The monoisotopic (exact) mass is 305 g/mol. The Morgan fingerprint density at radius 3 is 2.33 bits per heavy atom. The van der Waals surface area contributed by atoms with Crippen molar-refractivity contribution in [3.05, 3.63) is 53.6 Å². The number of ether oxygens (including phenoxy) is 2. The van der Waals surface area contributed by atoms with Gasteiger partial charge in [-0.15, -0.1) is 0 Å². The van der Waals surface area contributed by atoms with Gasteiger partial charge in [0, 0.05) is 0 Å². The molecule has 0 aliphatic rings. The molecule has 0 spiro atoms. The van der Waals surface area contributed by atoms with Crippen molar-refractivity contribution < 1.29 is 14.3 Å². The van der Waals surface area contributed by atoms with Gasteiger partial charge in [-0.1, -0.05) is 23.7 Å². The fraction of sp³-hybridized carbons (Fsp3) is 0.188. The predicted molar refractivity (Wildman–Crippen MR) is 83.2 cm³/mol. The van der Waals surface area contributed by atoms with Crippen LogP contribution in [0, 0.1) is 0 Å². The number of nitrogens with one attached hydrogen (secondary N) is 1. The minimum atomic E-state index is -0.644. The van der Waals surface area contributed by atoms with E-state index < -0.39 is 6.10 Å². The summed E-state index contributed by atoms with van der Waals surface area (Å²) in [5.41, 5.74) is 0.564. The second kappa shape index (κ2) is 6.99. The Morgan fingerprint density at radius 1 is 1.10 bits per heavy atom. The van der Waals surface area contributed by atoms with Gasteiger partial charge in [-0.3, -0.25) is 4.79 Å². The molecule has 0 saturated heterocycles. The van der Waals surface area contributed by atoms with E-state index in [1.54, 1.807) is 62.6 Å². The van der Waals surface area contributed by atoms with Crippen molar-refractivity contribution in [2.75, 3.05) is 12.4 Å². The van der Waals surface area contributed by atoms with Crippen molar-refractivity contribution in [1.29, 1.82) is 0 Å². The molecule has 2 aromatic rings. The molecule has 2 rings (SSSR count). The third-order valence-corrected chi connectivity index (χ3v) is 3.20. The van der Waals surface area contributed by atoms with Crippen molar-refractivity contribution in [2.45, 2.75) is 13.0 Å². The first kappa shape index (κ1) is 15.2. The number of hydrogen-bond acceptors (Lipinski definition) is 3. The Labute approximate surface area is 128 Å². The molecule has 0 radical (unpaired) electrons. The van der Waals surface area contributed by atoms with E-state index in [0.717, 1.165) is 5.75 Å². The lowest BCUT2D eigenvalue weighted by atomic mass is 10.3. The van der Waals surface area contributed by atoms with Crippen LogP contribution in [0.5, 0.6) is 11.5 Å². The van der Waals surface area contributed by atoms with Crippen LogP contribution in [0.3, 0.4) is 0 Å². The molecule has 0 unspecified atom stereocenters. The minimum absolute atomic E-state index is 0.265. The quantitative estimate of drug-likeness (QED) is 0.915. The third-order valence-electron chi connectivity index (χ3n) is 2.87. The number of hydrogen-bond donors (Lipinski definition) is 1. The molecule has 5 heteroatoms. The highest BCUT2D eigenvalue weighted by atomic mass is 35.5. The van der Waals surface area contributed by atoms with Gasteiger partial charge in [0.05, 0.1) is 17.8 Å². The zero-order valence-corrected chi connectivity index (χ0v) is 12.6. The first-order chi connectivity index (χ1) is 10.1. The number of benzene rings is 2. The summed E-state index contributed by atoms with van der Waals surface area (Å²) in [6, 6.07) is 14.1. The fourth-order valence-electron chi connectivity index (χ4n) is 1.71. The van der Waals surface area contributed by atoms with Crippen LogP contribution in [-0.2, 0) is 4.79 Å². The Morgan fingerprint density at radius 2 is 1.71 bits per heavy atom. The van der Waals surface area contributed by atoms with Crippen LogP contribution in [0.25, 0.3) is 0 Å². The molecule has 2 aromatic carbocycles. The molecule has 1 atom stereocenters. The van der Waals surface area contributed by atoms with Crippen LogP contribution in [0.1, 0.15) is 6.92 Å². The number of para-hydroxylation sites is 1. The lowest BCUT2D eigenvalue weighted by Crippen LogP contribution is -2.30. The molecule has 0 saturated carbocycles. The Balaban J connectivity index is 1.97. The van der Waals surface area contributed by atoms with E-state index in [-0.39, 0.29) is 5.91 Å². The van der Waals surface area contributed by atoms with Gasteiger partial charge in [0.25, 0.3) is 5.91 Å². The van der Waals surface area contributed by atoms with Crippen LogP contribution in [0.15, 0.2) is 48.5 Å². The number of methoxy groups -OCH3 is 1. The first-order valence-corrected chi connectivity index (χ1v) is 6.84. The van der Waals surface area contributed by atoms with Crippen molar-refractivity contribution in [2.24, 2.45) is 0 Å². The average Bonchev–Trinajstić information content (AvgIpc) is 2.50. The van der Waals surface area contributed by atoms with E-state index in [9.17, 15) is 4.79 Å². The third kappa shape index (κ3) is 4.13. The maximum atomic E-state index is 12.1. The van der Waals surface area contributed by atoms with Crippen molar-refractivity contribution in [3.63, 3.8) is 0 Å². The van der Waals surface area contributed by atoms with Gasteiger partial charge < -0.3 is 14.8 Å². The van der Waals surface area contributed by atoms with Crippen LogP contribution >= 0.6 is 11.6 Å². The van der Waals surface area contributed by atoms with Gasteiger partial charge in [-0.2, -0.15) is 0 Å². The normalized spacial score (nSPS) is 11.6. The smallest absolute Gasteiger partial charge is 0.265 e. The zero-order valence-electron chi connectivity index (χ0n) is 11.8. The molecular formula is C16H16ClNO3. The summed E-state index contributed by atoms with van der Waals surface area (Å²) in [6.07, 6.45) is -0.644. The van der Waals surface area contributed by atoms with E-state index in [4.69, 9.17) is 21.1 Å². The van der Waals surface area contributed by atoms with Crippen molar-refractivity contribution >= 4 is 23.2 Å². The number of amides is 1. The minimum Gasteiger partial charge on any atom is -0.497 e. The van der Waals surface area contributed by atoms with Gasteiger partial charge in [0.2, 0.25) is 0 Å². The summed E-state index contributed by atoms with van der Waals surface area (Å²) in [4.78, 5) is 12.1. The highest BCUT2D eigenvalue weighted by Crippen LogP contribution is 2.22. The summed E-state index contributed by atoms with van der Waals surface area (Å²) < 4.78 is 10.6. The number of carbonyl (C=O) groups is 1. The zero-order chi connectivity index (χ0) is 15.2.